The van der Waals surface area contributed by atoms with Crippen molar-refractivity contribution in [2.24, 2.45) is 0 Å². The van der Waals surface area contributed by atoms with E-state index in [9.17, 15) is 4.21 Å². The van der Waals surface area contributed by atoms with E-state index in [2.05, 4.69) is 27.2 Å². The molecule has 1 fully saturated rings. The summed E-state index contributed by atoms with van der Waals surface area (Å²) in [5, 5.41) is 3.19. The number of likely N-dealkylation sites (N-methyl/N-ethyl adjacent to an activating group) is 1. The zero-order valence-corrected chi connectivity index (χ0v) is 13.1. The maximum Gasteiger partial charge on any atom is 0.130 e. The fraction of sp³-hybridized carbons (Fsp3) is 0.692. The summed E-state index contributed by atoms with van der Waals surface area (Å²) in [4.78, 5) is 11.1. The fourth-order valence-corrected chi connectivity index (χ4v) is 2.52. The van der Waals surface area contributed by atoms with Crippen LogP contribution in [0, 0.1) is 6.92 Å². The first-order chi connectivity index (χ1) is 9.54. The topological polar surface area (TPSA) is 67.4 Å². The van der Waals surface area contributed by atoms with Crippen molar-refractivity contribution in [2.75, 3.05) is 50.6 Å². The molecule has 20 heavy (non-hydrogen) atoms. The molecule has 6 nitrogen and oxygen atoms in total. The Morgan fingerprint density at radius 2 is 2.35 bits per heavy atom. The molecule has 0 aromatic carbocycles. The SMILES string of the molecule is Cc1nc(NCC[S@@](C)=O)cc([C@H]2CN(C)CCO2)n1. The van der Waals surface area contributed by atoms with Gasteiger partial charge >= 0.3 is 0 Å². The number of hydrogen-bond acceptors (Lipinski definition) is 6. The number of ether oxygens (including phenoxy) is 1. The van der Waals surface area contributed by atoms with Crippen LogP contribution in [-0.2, 0) is 15.5 Å². The van der Waals surface area contributed by atoms with Gasteiger partial charge in [-0.1, -0.05) is 0 Å². The molecule has 1 aliphatic rings. The van der Waals surface area contributed by atoms with Gasteiger partial charge in [0.25, 0.3) is 0 Å². The zero-order chi connectivity index (χ0) is 14.5. The van der Waals surface area contributed by atoms with Crippen molar-refractivity contribution in [1.82, 2.24) is 14.9 Å². The lowest BCUT2D eigenvalue weighted by Gasteiger charge is -2.29. The van der Waals surface area contributed by atoms with Gasteiger partial charge in [-0.25, -0.2) is 9.97 Å². The van der Waals surface area contributed by atoms with Crippen LogP contribution < -0.4 is 5.32 Å². The van der Waals surface area contributed by atoms with Crippen LogP contribution in [0.1, 0.15) is 17.6 Å². The minimum Gasteiger partial charge on any atom is -0.369 e. The van der Waals surface area contributed by atoms with Gasteiger partial charge < -0.3 is 15.0 Å². The minimum atomic E-state index is -0.796. The second-order valence-corrected chi connectivity index (χ2v) is 6.61. The summed E-state index contributed by atoms with van der Waals surface area (Å²) >= 11 is 0. The van der Waals surface area contributed by atoms with Crippen molar-refractivity contribution in [1.29, 1.82) is 0 Å². The first-order valence-corrected chi connectivity index (χ1v) is 8.47. The summed E-state index contributed by atoms with van der Waals surface area (Å²) in [5.74, 6) is 2.11. The lowest BCUT2D eigenvalue weighted by atomic mass is 10.2. The van der Waals surface area contributed by atoms with E-state index in [1.165, 1.54) is 0 Å². The molecule has 1 saturated heterocycles. The number of aryl methyl sites for hydroxylation is 1. The highest BCUT2D eigenvalue weighted by molar-refractivity contribution is 7.84. The van der Waals surface area contributed by atoms with Gasteiger partial charge in [-0.3, -0.25) is 4.21 Å². The van der Waals surface area contributed by atoms with Crippen LogP contribution in [0.15, 0.2) is 6.07 Å². The number of morpholine rings is 1. The Bertz CT molecular complexity index is 483. The van der Waals surface area contributed by atoms with Gasteiger partial charge in [0.2, 0.25) is 0 Å². The van der Waals surface area contributed by atoms with Gasteiger partial charge in [-0.15, -0.1) is 0 Å². The molecule has 112 valence electrons. The standard InChI is InChI=1S/C13H22N4O2S/c1-10-15-11(12-9-17(2)5-6-19-12)8-13(16-10)14-4-7-20(3)18/h8,12H,4-7,9H2,1-3H3,(H,14,15,16)/t12-,20-/m1/s1. The monoisotopic (exact) mass is 298 g/mol. The molecule has 0 bridgehead atoms. The molecule has 0 saturated carbocycles. The Kier molecular flexibility index (Phi) is 5.45. The number of hydrogen-bond donors (Lipinski definition) is 1. The Morgan fingerprint density at radius 3 is 3.05 bits per heavy atom. The van der Waals surface area contributed by atoms with Crippen LogP contribution in [0.4, 0.5) is 5.82 Å². The molecule has 2 heterocycles. The van der Waals surface area contributed by atoms with Crippen molar-refractivity contribution in [3.05, 3.63) is 17.6 Å². The summed E-state index contributed by atoms with van der Waals surface area (Å²) in [6.07, 6.45) is 1.70. The highest BCUT2D eigenvalue weighted by Gasteiger charge is 2.21. The molecule has 0 unspecified atom stereocenters. The average molecular weight is 298 g/mol. The molecule has 0 aliphatic carbocycles. The molecule has 2 rings (SSSR count). The summed E-state index contributed by atoms with van der Waals surface area (Å²) in [6, 6.07) is 1.93. The predicted octanol–water partition coefficient (Wildman–Crippen LogP) is 0.579. The Labute approximate surface area is 122 Å². The second kappa shape index (κ2) is 7.10. The molecular formula is C13H22N4O2S. The molecule has 7 heteroatoms. The molecule has 1 N–H and O–H groups in total. The van der Waals surface area contributed by atoms with Crippen molar-refractivity contribution in [2.45, 2.75) is 13.0 Å². The third-order valence-corrected chi connectivity index (χ3v) is 3.93. The third kappa shape index (κ3) is 4.50. The molecule has 0 radical (unpaired) electrons. The van der Waals surface area contributed by atoms with Crippen LogP contribution in [0.2, 0.25) is 0 Å². The van der Waals surface area contributed by atoms with Crippen LogP contribution in [0.5, 0.6) is 0 Å². The van der Waals surface area contributed by atoms with E-state index in [0.717, 1.165) is 37.0 Å². The number of aromatic nitrogens is 2. The first-order valence-electron chi connectivity index (χ1n) is 6.74. The molecule has 2 atom stereocenters. The van der Waals surface area contributed by atoms with Crippen LogP contribution >= 0.6 is 0 Å². The largest absolute Gasteiger partial charge is 0.369 e. The molecule has 1 aromatic rings. The predicted molar refractivity (Wildman–Crippen MR) is 80.4 cm³/mol. The highest BCUT2D eigenvalue weighted by Crippen LogP contribution is 2.21. The molecule has 0 amide bonds. The molecule has 1 aromatic heterocycles. The van der Waals surface area contributed by atoms with Crippen molar-refractivity contribution in [3.8, 4) is 0 Å². The average Bonchev–Trinajstić information content (AvgIpc) is 2.37. The van der Waals surface area contributed by atoms with E-state index in [-0.39, 0.29) is 6.10 Å². The Morgan fingerprint density at radius 1 is 1.55 bits per heavy atom. The summed E-state index contributed by atoms with van der Waals surface area (Å²) in [5.41, 5.74) is 0.907. The van der Waals surface area contributed by atoms with Gasteiger partial charge in [0.05, 0.1) is 12.3 Å². The molecule has 0 spiro atoms. The number of nitrogens with zero attached hydrogens (tertiary/aromatic N) is 3. The van der Waals surface area contributed by atoms with E-state index < -0.39 is 10.8 Å². The van der Waals surface area contributed by atoms with E-state index in [4.69, 9.17) is 4.74 Å². The minimum absolute atomic E-state index is 0.00342. The lowest BCUT2D eigenvalue weighted by molar-refractivity contribution is -0.0232. The van der Waals surface area contributed by atoms with Crippen LogP contribution in [-0.4, -0.2) is 64.4 Å². The van der Waals surface area contributed by atoms with E-state index >= 15 is 0 Å². The number of nitrogens with one attached hydrogen (secondary N) is 1. The van der Waals surface area contributed by atoms with Crippen LogP contribution in [0.25, 0.3) is 0 Å². The van der Waals surface area contributed by atoms with Gasteiger partial charge in [-0.05, 0) is 14.0 Å². The van der Waals surface area contributed by atoms with Crippen molar-refractivity contribution in [3.63, 3.8) is 0 Å². The number of anilines is 1. The third-order valence-electron chi connectivity index (χ3n) is 3.15. The van der Waals surface area contributed by atoms with Crippen molar-refractivity contribution >= 4 is 16.6 Å². The highest BCUT2D eigenvalue weighted by atomic mass is 32.2. The van der Waals surface area contributed by atoms with Gasteiger partial charge in [-0.2, -0.15) is 0 Å². The maximum atomic E-state index is 11.1. The van der Waals surface area contributed by atoms with Crippen LogP contribution in [0.3, 0.4) is 0 Å². The first kappa shape index (κ1) is 15.3. The van der Waals surface area contributed by atoms with Gasteiger partial charge in [0.15, 0.2) is 0 Å². The maximum absolute atomic E-state index is 11.1. The number of rotatable bonds is 5. The Balaban J connectivity index is 2.05. The van der Waals surface area contributed by atoms with Gasteiger partial charge in [0.1, 0.15) is 17.7 Å². The fourth-order valence-electron chi connectivity index (χ4n) is 2.13. The van der Waals surface area contributed by atoms with E-state index in [1.54, 1.807) is 6.26 Å². The summed E-state index contributed by atoms with van der Waals surface area (Å²) in [6.45, 7) is 5.04. The zero-order valence-electron chi connectivity index (χ0n) is 12.3. The Hall–Kier alpha value is -1.05. The second-order valence-electron chi connectivity index (χ2n) is 5.05. The molecule has 1 aliphatic heterocycles. The quantitative estimate of drug-likeness (QED) is 0.857. The summed E-state index contributed by atoms with van der Waals surface area (Å²) < 4.78 is 16.8. The van der Waals surface area contributed by atoms with Gasteiger partial charge in [0, 0.05) is 48.5 Å². The summed E-state index contributed by atoms with van der Waals surface area (Å²) in [7, 11) is 1.29. The van der Waals surface area contributed by atoms with E-state index in [0.29, 0.717) is 12.3 Å². The van der Waals surface area contributed by atoms with Crippen molar-refractivity contribution < 1.29 is 8.95 Å². The molecular weight excluding hydrogens is 276 g/mol. The smallest absolute Gasteiger partial charge is 0.130 e. The van der Waals surface area contributed by atoms with E-state index in [1.807, 2.05) is 13.0 Å². The lowest BCUT2D eigenvalue weighted by Crippen LogP contribution is -2.35. The normalized spacial score (nSPS) is 21.6.